The highest BCUT2D eigenvalue weighted by Gasteiger charge is 2.36. The summed E-state index contributed by atoms with van der Waals surface area (Å²) in [7, 11) is 2.21. The highest BCUT2D eigenvalue weighted by molar-refractivity contribution is 8.83. The summed E-state index contributed by atoms with van der Waals surface area (Å²) in [5.74, 6) is -19.8. The first-order valence-electron chi connectivity index (χ1n) is 26.2. The normalized spacial score (nSPS) is 13.1. The summed E-state index contributed by atoms with van der Waals surface area (Å²) in [5.41, 5.74) is 16.7. The van der Waals surface area contributed by atoms with Crippen LogP contribution in [0.2, 0.25) is 0 Å². The van der Waals surface area contributed by atoms with E-state index in [4.69, 9.17) is 29.4 Å². The molecule has 34 heteroatoms. The zero-order valence-corrected chi connectivity index (χ0v) is 48.6. The average molecular weight is 1250 g/mol. The molecule has 2 aromatic heterocycles. The van der Waals surface area contributed by atoms with Gasteiger partial charge in [0.2, 0.25) is 17.8 Å². The van der Waals surface area contributed by atoms with Gasteiger partial charge in [-0.15, -0.1) is 0 Å². The fourth-order valence-corrected chi connectivity index (χ4v) is 11.1. The van der Waals surface area contributed by atoms with Crippen LogP contribution >= 0.6 is 33.8 Å². The molecule has 31 nitrogen and oxygen atoms in total. The molecular weight excluding hydrogens is 1180 g/mol. The Kier molecular flexibility index (Phi) is 29.5. The molecule has 462 valence electrons. The molecule has 2 heterocycles. The predicted octanol–water partition coefficient (Wildman–Crippen LogP) is 0.486. The van der Waals surface area contributed by atoms with Crippen molar-refractivity contribution < 1.29 is 83.1 Å². The Hall–Kier alpha value is -8.66. The number of hydrogen-bond acceptors (Lipinski definition) is 22. The summed E-state index contributed by atoms with van der Waals surface area (Å²) in [6.07, 6.45) is -6.81. The van der Waals surface area contributed by atoms with Gasteiger partial charge in [-0.05, 0) is 68.2 Å². The van der Waals surface area contributed by atoms with E-state index in [1.54, 1.807) is 0 Å². The van der Waals surface area contributed by atoms with Gasteiger partial charge in [-0.2, -0.15) is 4.98 Å². The van der Waals surface area contributed by atoms with E-state index in [1.165, 1.54) is 30.5 Å². The van der Waals surface area contributed by atoms with Crippen molar-refractivity contribution in [1.82, 2.24) is 40.8 Å². The van der Waals surface area contributed by atoms with Crippen molar-refractivity contribution in [1.29, 1.82) is 0 Å². The third-order valence-electron chi connectivity index (χ3n) is 12.6. The lowest BCUT2D eigenvalue weighted by atomic mass is 9.90. The number of nitrogens with two attached hydrogens (primary N) is 3. The maximum absolute atomic E-state index is 14.1. The summed E-state index contributed by atoms with van der Waals surface area (Å²) in [6.45, 7) is 4.82. The molecule has 0 radical (unpaired) electrons. The van der Waals surface area contributed by atoms with Crippen LogP contribution in [0.4, 0.5) is 11.6 Å². The van der Waals surface area contributed by atoms with Crippen LogP contribution in [-0.2, 0) is 59.3 Å². The molecule has 1 aromatic carbocycles. The van der Waals surface area contributed by atoms with Gasteiger partial charge in [-0.25, -0.2) is 14.8 Å². The standard InChI is InChI=1S/C51H67N13O18S3/c1-3-64(4-2)51(83)85-84-24-28(35(66)13-14-38(69)70)18-37(68)34(21-41(75)76)61-46(79)27(20-40(73)74)17-36(67)32(6-5-15-55-49(52)53)59-45(78)26(19-39(71)72)16-31(65)11-12-33(48(81)82)60-44(77)25-7-9-29(10-8-25)56-22-30-23-57-43-42(58-30)47(80)63-50(54)62-43/h7-10,23,26-28,32-34,56H,3-6,11-22,24H2,1-2H3,(H,59,78)(H,60,77)(H,61,79)(H,69,70)(H,71,72)(H,73,74)(H,75,76)(H,81,82)(H4,52,53,55)(H3,54,57,62,63,80)/t26-,27-,28+,32-,33-,34-/m0/s1. The monoisotopic (exact) mass is 1250 g/mol. The number of aliphatic carboxylic acids is 5. The number of carboxylic acid groups (broad SMARTS) is 5. The molecule has 0 bridgehead atoms. The van der Waals surface area contributed by atoms with Gasteiger partial charge < -0.3 is 68.9 Å². The highest BCUT2D eigenvalue weighted by Crippen LogP contribution is 2.30. The number of aromatic amines is 1. The van der Waals surface area contributed by atoms with E-state index in [2.05, 4.69) is 46.2 Å². The van der Waals surface area contributed by atoms with E-state index in [1.807, 2.05) is 18.7 Å². The molecule has 0 saturated heterocycles. The van der Waals surface area contributed by atoms with Crippen LogP contribution in [0.3, 0.4) is 0 Å². The second-order valence-corrected chi connectivity index (χ2v) is 22.0. The van der Waals surface area contributed by atoms with Gasteiger partial charge >= 0.3 is 29.8 Å². The van der Waals surface area contributed by atoms with Crippen molar-refractivity contribution in [3.05, 3.63) is 52.1 Å². The number of anilines is 2. The molecule has 0 aliphatic carbocycles. The molecular formula is C51H67N13O18S3. The van der Waals surface area contributed by atoms with E-state index in [0.29, 0.717) is 28.8 Å². The quantitative estimate of drug-likeness (QED) is 0.0121. The molecule has 3 aromatic rings. The number of fused-ring (bicyclic) bond motifs is 1. The number of Topliss-reactive ketones (excluding diaryl/α,β-unsaturated/α-hetero) is 4. The smallest absolute Gasteiger partial charge is 0.326 e. The molecule has 0 unspecified atom stereocenters. The fourth-order valence-electron chi connectivity index (χ4n) is 8.09. The van der Waals surface area contributed by atoms with Crippen molar-refractivity contribution in [2.45, 2.75) is 116 Å². The lowest BCUT2D eigenvalue weighted by Crippen LogP contribution is -2.48. The SMILES string of the molecule is CCN(CC)C(=S)SSC[C@@H](CC(=O)[C@H](CC(=O)O)NC(=O)[C@H](CC(=O)O)CC(=O)[C@H](CCCN=C(N)N)NC(=O)[C@H](CC(=O)O)CC(=O)CC[C@H](NC(=O)c1ccc(NCc2cnc3nc(N)[nH]c(=O)c3n2)cc1)C(=O)O)C(=O)CCC(=O)O. The van der Waals surface area contributed by atoms with Gasteiger partial charge in [0, 0.05) is 74.7 Å². The number of carboxylic acids is 5. The molecule has 16 N–H and O–H groups in total. The fraction of sp³-hybridized carbons (Fsp3) is 0.490. The molecule has 0 aliphatic heterocycles. The van der Waals surface area contributed by atoms with Gasteiger partial charge in [0.15, 0.2) is 28.7 Å². The molecule has 3 amide bonds. The molecule has 0 aliphatic rings. The van der Waals surface area contributed by atoms with Crippen LogP contribution in [0, 0.1) is 17.8 Å². The Morgan fingerprint density at radius 2 is 1.28 bits per heavy atom. The number of ketones is 4. The minimum atomic E-state index is -1.89. The van der Waals surface area contributed by atoms with Gasteiger partial charge in [0.05, 0.1) is 68.0 Å². The number of amides is 3. The van der Waals surface area contributed by atoms with Gasteiger partial charge in [0.1, 0.15) is 21.9 Å². The number of guanidine groups is 1. The first kappa shape index (κ1) is 70.6. The van der Waals surface area contributed by atoms with E-state index < -0.39 is 176 Å². The maximum atomic E-state index is 14.1. The van der Waals surface area contributed by atoms with E-state index in [0.717, 1.165) is 21.6 Å². The third-order valence-corrected chi connectivity index (χ3v) is 15.7. The minimum absolute atomic E-state index is 0.0137. The van der Waals surface area contributed by atoms with Crippen molar-refractivity contribution in [3.8, 4) is 0 Å². The third kappa shape index (κ3) is 25.4. The molecule has 0 spiro atoms. The Labute approximate surface area is 497 Å². The van der Waals surface area contributed by atoms with Gasteiger partial charge in [-0.3, -0.25) is 67.5 Å². The van der Waals surface area contributed by atoms with E-state index >= 15 is 0 Å². The lowest BCUT2D eigenvalue weighted by molar-refractivity contribution is -0.144. The van der Waals surface area contributed by atoms with Crippen molar-refractivity contribution >= 4 is 138 Å². The number of rotatable bonds is 40. The number of carbonyl (C=O) groups excluding carboxylic acids is 7. The Bertz CT molecular complexity index is 3050. The number of benzene rings is 1. The molecule has 85 heavy (non-hydrogen) atoms. The number of thiocarbonyl (C=S) groups is 1. The van der Waals surface area contributed by atoms with Gasteiger partial charge in [-0.1, -0.05) is 23.0 Å². The van der Waals surface area contributed by atoms with Gasteiger partial charge in [0.25, 0.3) is 11.5 Å². The average Bonchev–Trinajstić information content (AvgIpc) is 3.51. The zero-order valence-electron chi connectivity index (χ0n) is 46.1. The van der Waals surface area contributed by atoms with E-state index in [9.17, 15) is 87.9 Å². The number of carbonyl (C=O) groups is 12. The summed E-state index contributed by atoms with van der Waals surface area (Å²) in [6, 6.07) is 0.529. The number of aliphatic imine (C=N–C) groups is 1. The van der Waals surface area contributed by atoms with Crippen molar-refractivity contribution in [2.24, 2.45) is 34.2 Å². The van der Waals surface area contributed by atoms with Crippen LogP contribution in [0.25, 0.3) is 11.2 Å². The topological polar surface area (TPSA) is 519 Å². The second-order valence-electron chi connectivity index (χ2n) is 19.0. The van der Waals surface area contributed by atoms with Crippen molar-refractivity contribution in [2.75, 3.05) is 36.4 Å². The molecule has 6 atom stereocenters. The number of aromatic nitrogens is 4. The first-order valence-corrected chi connectivity index (χ1v) is 28.9. The van der Waals surface area contributed by atoms with Crippen LogP contribution in [0.1, 0.15) is 107 Å². The Balaban J connectivity index is 1.75. The molecule has 3 rings (SSSR count). The molecule has 0 fully saturated rings. The molecule has 0 saturated carbocycles. The maximum Gasteiger partial charge on any atom is 0.326 e. The Morgan fingerprint density at radius 3 is 1.86 bits per heavy atom. The summed E-state index contributed by atoms with van der Waals surface area (Å²) in [4.78, 5) is 187. The van der Waals surface area contributed by atoms with E-state index in [-0.39, 0.29) is 60.3 Å². The minimum Gasteiger partial charge on any atom is -0.481 e. The van der Waals surface area contributed by atoms with Crippen LogP contribution in [-0.4, -0.2) is 175 Å². The Morgan fingerprint density at radius 1 is 0.694 bits per heavy atom. The second kappa shape index (κ2) is 35.5. The van der Waals surface area contributed by atoms with Crippen LogP contribution in [0.5, 0.6) is 0 Å². The number of H-pyrrole nitrogens is 1. The number of nitrogens with zero attached hydrogens (tertiary/aromatic N) is 5. The number of nitrogen functional groups attached to an aromatic ring is 1. The van der Waals surface area contributed by atoms with Crippen LogP contribution < -0.4 is 44.0 Å². The predicted molar refractivity (Wildman–Crippen MR) is 312 cm³/mol. The summed E-state index contributed by atoms with van der Waals surface area (Å²) in [5, 5.41) is 58.3. The largest absolute Gasteiger partial charge is 0.481 e. The van der Waals surface area contributed by atoms with Crippen LogP contribution in [0.15, 0.2) is 40.2 Å². The highest BCUT2D eigenvalue weighted by atomic mass is 33.1. The number of nitrogens with one attached hydrogen (secondary N) is 5. The summed E-state index contributed by atoms with van der Waals surface area (Å²) >= 11 is 5.42. The zero-order chi connectivity index (χ0) is 63.5. The lowest BCUT2D eigenvalue weighted by Gasteiger charge is -2.25. The number of hydrogen-bond donors (Lipinski definition) is 13. The summed E-state index contributed by atoms with van der Waals surface area (Å²) < 4.78 is 0.457. The first-order chi connectivity index (χ1) is 40.1. The van der Waals surface area contributed by atoms with Crippen molar-refractivity contribution in [3.63, 3.8) is 0 Å².